The molecular formula is C11H13F2NS. The standard InChI is InChI=1S/C11H13F2NS/c12-9-2-1-7(4-10(9)13)3-8-5-15-6-11(8)14/h1-2,4,8,11H,3,5-6,14H2. The number of rotatable bonds is 2. The van der Waals surface area contributed by atoms with Crippen LogP contribution in [0.25, 0.3) is 0 Å². The minimum absolute atomic E-state index is 0.183. The first-order chi connectivity index (χ1) is 7.16. The van der Waals surface area contributed by atoms with Gasteiger partial charge in [0.1, 0.15) is 0 Å². The van der Waals surface area contributed by atoms with Crippen LogP contribution in [-0.2, 0) is 6.42 Å². The van der Waals surface area contributed by atoms with Gasteiger partial charge in [0, 0.05) is 11.8 Å². The van der Waals surface area contributed by atoms with Crippen molar-refractivity contribution in [2.45, 2.75) is 12.5 Å². The van der Waals surface area contributed by atoms with E-state index < -0.39 is 11.6 Å². The van der Waals surface area contributed by atoms with Gasteiger partial charge in [-0.05, 0) is 35.8 Å². The van der Waals surface area contributed by atoms with Gasteiger partial charge in [-0.3, -0.25) is 0 Å². The van der Waals surface area contributed by atoms with Gasteiger partial charge in [-0.25, -0.2) is 8.78 Å². The molecule has 2 rings (SSSR count). The Morgan fingerprint density at radius 2 is 2.07 bits per heavy atom. The van der Waals surface area contributed by atoms with Crippen molar-refractivity contribution in [3.63, 3.8) is 0 Å². The molecule has 2 atom stereocenters. The summed E-state index contributed by atoms with van der Waals surface area (Å²) in [7, 11) is 0. The van der Waals surface area contributed by atoms with Gasteiger partial charge >= 0.3 is 0 Å². The van der Waals surface area contributed by atoms with Crippen LogP contribution in [0.15, 0.2) is 18.2 Å². The van der Waals surface area contributed by atoms with Gasteiger partial charge in [0.15, 0.2) is 11.6 Å². The molecule has 2 N–H and O–H groups in total. The van der Waals surface area contributed by atoms with E-state index in [1.54, 1.807) is 6.07 Å². The van der Waals surface area contributed by atoms with E-state index in [1.807, 2.05) is 11.8 Å². The number of nitrogens with two attached hydrogens (primary N) is 1. The van der Waals surface area contributed by atoms with Gasteiger partial charge in [-0.2, -0.15) is 11.8 Å². The van der Waals surface area contributed by atoms with Crippen LogP contribution in [0.2, 0.25) is 0 Å². The number of halogens is 2. The van der Waals surface area contributed by atoms with Crippen molar-refractivity contribution in [2.75, 3.05) is 11.5 Å². The van der Waals surface area contributed by atoms with E-state index in [-0.39, 0.29) is 6.04 Å². The Balaban J connectivity index is 2.07. The zero-order valence-electron chi connectivity index (χ0n) is 8.25. The van der Waals surface area contributed by atoms with Gasteiger partial charge in [0.25, 0.3) is 0 Å². The summed E-state index contributed by atoms with van der Waals surface area (Å²) in [6.45, 7) is 0. The Kier molecular flexibility index (Phi) is 3.26. The van der Waals surface area contributed by atoms with Crippen molar-refractivity contribution in [2.24, 2.45) is 11.7 Å². The Morgan fingerprint density at radius 1 is 1.27 bits per heavy atom. The third-order valence-corrected chi connectivity index (χ3v) is 4.01. The molecule has 1 fully saturated rings. The van der Waals surface area contributed by atoms with E-state index in [9.17, 15) is 8.78 Å². The van der Waals surface area contributed by atoms with Gasteiger partial charge in [0.05, 0.1) is 0 Å². The molecule has 1 aliphatic heterocycles. The van der Waals surface area contributed by atoms with Crippen LogP contribution < -0.4 is 5.73 Å². The van der Waals surface area contributed by atoms with E-state index in [1.165, 1.54) is 12.1 Å². The largest absolute Gasteiger partial charge is 0.327 e. The van der Waals surface area contributed by atoms with Gasteiger partial charge in [-0.1, -0.05) is 6.07 Å². The van der Waals surface area contributed by atoms with Crippen LogP contribution in [0, 0.1) is 17.6 Å². The lowest BCUT2D eigenvalue weighted by molar-refractivity contribution is 0.494. The number of hydrogen-bond acceptors (Lipinski definition) is 2. The lowest BCUT2D eigenvalue weighted by Gasteiger charge is -2.14. The minimum Gasteiger partial charge on any atom is -0.327 e. The topological polar surface area (TPSA) is 26.0 Å². The summed E-state index contributed by atoms with van der Waals surface area (Å²) < 4.78 is 25.6. The Labute approximate surface area is 92.0 Å². The number of thioether (sulfide) groups is 1. The maximum Gasteiger partial charge on any atom is 0.159 e. The molecule has 82 valence electrons. The van der Waals surface area contributed by atoms with Gasteiger partial charge in [-0.15, -0.1) is 0 Å². The summed E-state index contributed by atoms with van der Waals surface area (Å²) in [5.74, 6) is 0.810. The molecule has 0 aromatic heterocycles. The summed E-state index contributed by atoms with van der Waals surface area (Å²) in [6, 6.07) is 4.26. The highest BCUT2D eigenvalue weighted by Crippen LogP contribution is 2.26. The molecule has 1 nitrogen and oxygen atoms in total. The normalized spacial score (nSPS) is 25.8. The van der Waals surface area contributed by atoms with Crippen molar-refractivity contribution < 1.29 is 8.78 Å². The fraction of sp³-hybridized carbons (Fsp3) is 0.455. The minimum atomic E-state index is -0.788. The molecule has 1 heterocycles. The molecule has 4 heteroatoms. The highest BCUT2D eigenvalue weighted by Gasteiger charge is 2.24. The van der Waals surface area contributed by atoms with Crippen LogP contribution in [0.1, 0.15) is 5.56 Å². The van der Waals surface area contributed by atoms with Gasteiger partial charge in [0.2, 0.25) is 0 Å². The maximum absolute atomic E-state index is 12.9. The molecule has 0 saturated carbocycles. The Morgan fingerprint density at radius 3 is 2.67 bits per heavy atom. The zero-order valence-corrected chi connectivity index (χ0v) is 9.07. The van der Waals surface area contributed by atoms with E-state index in [2.05, 4.69) is 0 Å². The number of benzene rings is 1. The molecule has 1 aliphatic rings. The molecule has 1 saturated heterocycles. The SMILES string of the molecule is NC1CSCC1Cc1ccc(F)c(F)c1. The predicted molar refractivity (Wildman–Crippen MR) is 58.9 cm³/mol. The highest BCUT2D eigenvalue weighted by molar-refractivity contribution is 7.99. The fourth-order valence-electron chi connectivity index (χ4n) is 1.79. The maximum atomic E-state index is 12.9. The van der Waals surface area contributed by atoms with E-state index in [0.29, 0.717) is 5.92 Å². The zero-order chi connectivity index (χ0) is 10.8. The first-order valence-corrected chi connectivity index (χ1v) is 6.09. The van der Waals surface area contributed by atoms with Crippen LogP contribution >= 0.6 is 11.8 Å². The average Bonchev–Trinajstić information content (AvgIpc) is 2.59. The smallest absolute Gasteiger partial charge is 0.159 e. The van der Waals surface area contributed by atoms with Crippen LogP contribution in [0.4, 0.5) is 8.78 Å². The second kappa shape index (κ2) is 4.49. The van der Waals surface area contributed by atoms with Crippen molar-refractivity contribution in [1.29, 1.82) is 0 Å². The molecule has 1 aromatic carbocycles. The molecule has 1 aromatic rings. The molecule has 15 heavy (non-hydrogen) atoms. The lowest BCUT2D eigenvalue weighted by Crippen LogP contribution is -2.29. The van der Waals surface area contributed by atoms with Crippen LogP contribution in [0.3, 0.4) is 0 Å². The van der Waals surface area contributed by atoms with Crippen LogP contribution in [-0.4, -0.2) is 17.5 Å². The quantitative estimate of drug-likeness (QED) is 0.841. The fourth-order valence-corrected chi connectivity index (χ4v) is 3.14. The molecule has 0 radical (unpaired) electrons. The van der Waals surface area contributed by atoms with E-state index in [4.69, 9.17) is 5.73 Å². The van der Waals surface area contributed by atoms with E-state index >= 15 is 0 Å². The summed E-state index contributed by atoms with van der Waals surface area (Å²) in [4.78, 5) is 0. The summed E-state index contributed by atoms with van der Waals surface area (Å²) >= 11 is 1.82. The molecular weight excluding hydrogens is 216 g/mol. The molecule has 0 aliphatic carbocycles. The average molecular weight is 229 g/mol. The third-order valence-electron chi connectivity index (χ3n) is 2.73. The first kappa shape index (κ1) is 10.9. The molecule has 2 unspecified atom stereocenters. The Bertz CT molecular complexity index is 356. The number of hydrogen-bond donors (Lipinski definition) is 1. The van der Waals surface area contributed by atoms with Gasteiger partial charge < -0.3 is 5.73 Å². The monoisotopic (exact) mass is 229 g/mol. The summed E-state index contributed by atoms with van der Waals surface area (Å²) in [5, 5.41) is 0. The molecule has 0 amide bonds. The molecule has 0 spiro atoms. The summed E-state index contributed by atoms with van der Waals surface area (Å²) in [5.41, 5.74) is 6.74. The van der Waals surface area contributed by atoms with Crippen LogP contribution in [0.5, 0.6) is 0 Å². The lowest BCUT2D eigenvalue weighted by atomic mass is 9.95. The highest BCUT2D eigenvalue weighted by atomic mass is 32.2. The second-order valence-electron chi connectivity index (χ2n) is 3.91. The second-order valence-corrected chi connectivity index (χ2v) is 4.99. The van der Waals surface area contributed by atoms with Crippen molar-refractivity contribution in [3.05, 3.63) is 35.4 Å². The van der Waals surface area contributed by atoms with Crippen molar-refractivity contribution in [3.8, 4) is 0 Å². The summed E-state index contributed by atoms with van der Waals surface area (Å²) in [6.07, 6.45) is 0.741. The third kappa shape index (κ3) is 2.49. The van der Waals surface area contributed by atoms with Crippen molar-refractivity contribution >= 4 is 11.8 Å². The predicted octanol–water partition coefficient (Wildman–Crippen LogP) is 2.20. The Hall–Kier alpha value is -0.610. The van der Waals surface area contributed by atoms with E-state index in [0.717, 1.165) is 23.5 Å². The van der Waals surface area contributed by atoms with Crippen molar-refractivity contribution in [1.82, 2.24) is 0 Å². The first-order valence-electron chi connectivity index (χ1n) is 4.94. The molecule has 0 bridgehead atoms.